The first-order chi connectivity index (χ1) is 10.6. The van der Waals surface area contributed by atoms with E-state index in [4.69, 9.17) is 0 Å². The third-order valence-corrected chi connectivity index (χ3v) is 3.93. The molecule has 1 aromatic carbocycles. The van der Waals surface area contributed by atoms with E-state index in [2.05, 4.69) is 19.8 Å². The van der Waals surface area contributed by atoms with Gasteiger partial charge < -0.3 is 10.2 Å². The molecular weight excluding hydrogens is 303 g/mol. The van der Waals surface area contributed by atoms with Crippen molar-refractivity contribution in [3.8, 4) is 5.69 Å². The fourth-order valence-corrected chi connectivity index (χ4v) is 2.56. The van der Waals surface area contributed by atoms with Gasteiger partial charge in [-0.2, -0.15) is 9.47 Å². The molecule has 0 atom stereocenters. The lowest BCUT2D eigenvalue weighted by Crippen LogP contribution is -2.10. The number of rotatable bonds is 5. The Bertz CT molecular complexity index is 753. The van der Waals surface area contributed by atoms with Gasteiger partial charge in [-0.15, -0.1) is 0 Å². The molecule has 0 aliphatic heterocycles. The van der Waals surface area contributed by atoms with Crippen molar-refractivity contribution in [2.24, 2.45) is 0 Å². The molecule has 3 rings (SSSR count). The molecule has 0 unspecified atom stereocenters. The molecule has 0 saturated carbocycles. The summed E-state index contributed by atoms with van der Waals surface area (Å²) in [5, 5.41) is 8.03. The Morgan fingerprint density at radius 1 is 1.32 bits per heavy atom. The van der Waals surface area contributed by atoms with Gasteiger partial charge in [-0.25, -0.2) is 14.1 Å². The Hall–Kier alpha value is -2.48. The highest BCUT2D eigenvalue weighted by Crippen LogP contribution is 2.24. The fourth-order valence-electron chi connectivity index (χ4n) is 1.96. The average Bonchev–Trinajstić information content (AvgIpc) is 3.17. The van der Waals surface area contributed by atoms with Gasteiger partial charge in [0.25, 0.3) is 0 Å². The molecule has 2 heterocycles. The summed E-state index contributed by atoms with van der Waals surface area (Å²) >= 11 is 1.31. The minimum absolute atomic E-state index is 0.337. The summed E-state index contributed by atoms with van der Waals surface area (Å²) in [6.07, 6.45) is 3.42. The topological polar surface area (TPSA) is 58.9 Å². The van der Waals surface area contributed by atoms with Crippen LogP contribution in [0, 0.1) is 5.82 Å². The van der Waals surface area contributed by atoms with Gasteiger partial charge in [0.2, 0.25) is 5.13 Å². The van der Waals surface area contributed by atoms with Gasteiger partial charge in [-0.1, -0.05) is 6.07 Å². The zero-order chi connectivity index (χ0) is 15.5. The van der Waals surface area contributed by atoms with Crippen molar-refractivity contribution in [3.05, 3.63) is 48.3 Å². The zero-order valence-corrected chi connectivity index (χ0v) is 13.0. The van der Waals surface area contributed by atoms with Gasteiger partial charge in [-0.3, -0.25) is 0 Å². The number of aromatic nitrogens is 4. The molecule has 8 heteroatoms. The van der Waals surface area contributed by atoms with Crippen LogP contribution in [0.2, 0.25) is 0 Å². The smallest absolute Gasteiger partial charge is 0.204 e. The van der Waals surface area contributed by atoms with Gasteiger partial charge in [-0.05, 0) is 18.2 Å². The number of hydrogen-bond donors (Lipinski definition) is 1. The largest absolute Gasteiger partial charge is 0.374 e. The first-order valence-electron chi connectivity index (χ1n) is 6.67. The summed E-state index contributed by atoms with van der Waals surface area (Å²) in [7, 11) is 3.81. The summed E-state index contributed by atoms with van der Waals surface area (Å²) in [6.45, 7) is 0.347. The quantitative estimate of drug-likeness (QED) is 0.783. The van der Waals surface area contributed by atoms with Crippen LogP contribution in [0.25, 0.3) is 5.69 Å². The van der Waals surface area contributed by atoms with E-state index in [1.54, 1.807) is 35.3 Å². The highest BCUT2D eigenvalue weighted by atomic mass is 32.1. The molecular formula is C14H15FN6S. The molecule has 0 radical (unpaired) electrons. The molecule has 2 aromatic heterocycles. The molecule has 0 bridgehead atoms. The van der Waals surface area contributed by atoms with Crippen molar-refractivity contribution in [1.29, 1.82) is 0 Å². The monoisotopic (exact) mass is 318 g/mol. The maximum absolute atomic E-state index is 14.1. The molecule has 6 nitrogen and oxygen atoms in total. The van der Waals surface area contributed by atoms with Crippen molar-refractivity contribution in [2.75, 3.05) is 24.3 Å². The van der Waals surface area contributed by atoms with E-state index in [-0.39, 0.29) is 5.82 Å². The molecule has 0 saturated heterocycles. The maximum atomic E-state index is 14.1. The Morgan fingerprint density at radius 3 is 2.86 bits per heavy atom. The zero-order valence-electron chi connectivity index (χ0n) is 12.2. The summed E-state index contributed by atoms with van der Waals surface area (Å²) in [6, 6.07) is 6.66. The number of halogens is 1. The second-order valence-electron chi connectivity index (χ2n) is 4.83. The van der Waals surface area contributed by atoms with Crippen molar-refractivity contribution in [2.45, 2.75) is 6.54 Å². The van der Waals surface area contributed by atoms with Crippen molar-refractivity contribution >= 4 is 22.4 Å². The van der Waals surface area contributed by atoms with E-state index in [1.807, 2.05) is 19.0 Å². The molecule has 0 amide bonds. The van der Waals surface area contributed by atoms with Crippen molar-refractivity contribution < 1.29 is 4.39 Å². The molecule has 114 valence electrons. The van der Waals surface area contributed by atoms with E-state index in [1.165, 1.54) is 17.6 Å². The lowest BCUT2D eigenvalue weighted by molar-refractivity contribution is 0.627. The number of nitrogens with zero attached hydrogens (tertiary/aromatic N) is 5. The van der Waals surface area contributed by atoms with Crippen LogP contribution in [0.1, 0.15) is 5.82 Å². The Kier molecular flexibility index (Phi) is 4.01. The van der Waals surface area contributed by atoms with Crippen LogP contribution in [0.5, 0.6) is 0 Å². The molecule has 0 fully saturated rings. The summed E-state index contributed by atoms with van der Waals surface area (Å²) in [5.74, 6) is 0.291. The SMILES string of the molecule is CN(C)c1nc(CNc2c(F)cccc2-n2cccn2)ns1. The maximum Gasteiger partial charge on any atom is 0.204 e. The van der Waals surface area contributed by atoms with Crippen LogP contribution in [-0.4, -0.2) is 33.2 Å². The highest BCUT2D eigenvalue weighted by molar-refractivity contribution is 7.09. The molecule has 22 heavy (non-hydrogen) atoms. The van der Waals surface area contributed by atoms with Crippen molar-refractivity contribution in [1.82, 2.24) is 19.1 Å². The van der Waals surface area contributed by atoms with Gasteiger partial charge in [0, 0.05) is 38.0 Å². The average molecular weight is 318 g/mol. The third kappa shape index (κ3) is 2.91. The van der Waals surface area contributed by atoms with Gasteiger partial charge in [0.1, 0.15) is 5.82 Å². The van der Waals surface area contributed by atoms with E-state index in [9.17, 15) is 4.39 Å². The van der Waals surface area contributed by atoms with Gasteiger partial charge >= 0.3 is 0 Å². The first kappa shape index (κ1) is 14.5. The normalized spacial score (nSPS) is 10.7. The minimum Gasteiger partial charge on any atom is -0.374 e. The van der Waals surface area contributed by atoms with E-state index >= 15 is 0 Å². The van der Waals surface area contributed by atoms with Crippen LogP contribution in [0.3, 0.4) is 0 Å². The predicted octanol–water partition coefficient (Wildman–Crippen LogP) is 2.54. The first-order valence-corrected chi connectivity index (χ1v) is 7.45. The number of benzene rings is 1. The molecule has 0 aliphatic rings. The van der Waals surface area contributed by atoms with Crippen LogP contribution in [0.15, 0.2) is 36.7 Å². The van der Waals surface area contributed by atoms with Gasteiger partial charge in [0.05, 0.1) is 17.9 Å². The standard InChI is InChI=1S/C14H15FN6S/c1-20(2)14-18-12(19-22-14)9-16-13-10(15)5-3-6-11(13)21-8-4-7-17-21/h3-8,16H,9H2,1-2H3. The Morgan fingerprint density at radius 2 is 2.18 bits per heavy atom. The lowest BCUT2D eigenvalue weighted by atomic mass is 10.2. The molecule has 0 aliphatic carbocycles. The minimum atomic E-state index is -0.337. The molecule has 3 aromatic rings. The Labute approximate surface area is 131 Å². The second kappa shape index (κ2) is 6.10. The number of nitrogens with one attached hydrogen (secondary N) is 1. The van der Waals surface area contributed by atoms with Crippen LogP contribution in [0.4, 0.5) is 15.2 Å². The van der Waals surface area contributed by atoms with Crippen LogP contribution >= 0.6 is 11.5 Å². The predicted molar refractivity (Wildman–Crippen MR) is 85.1 cm³/mol. The number of anilines is 2. The third-order valence-electron chi connectivity index (χ3n) is 3.01. The van der Waals surface area contributed by atoms with E-state index in [0.29, 0.717) is 23.7 Å². The number of para-hydroxylation sites is 1. The van der Waals surface area contributed by atoms with Crippen LogP contribution in [-0.2, 0) is 6.54 Å². The highest BCUT2D eigenvalue weighted by Gasteiger charge is 2.12. The summed E-state index contributed by atoms with van der Waals surface area (Å²) in [5.41, 5.74) is 1.03. The van der Waals surface area contributed by atoms with Crippen molar-refractivity contribution in [3.63, 3.8) is 0 Å². The van der Waals surface area contributed by atoms with Gasteiger partial charge in [0.15, 0.2) is 5.82 Å². The van der Waals surface area contributed by atoms with E-state index < -0.39 is 0 Å². The van der Waals surface area contributed by atoms with E-state index in [0.717, 1.165) is 5.13 Å². The Balaban J connectivity index is 1.82. The molecule has 0 spiro atoms. The molecule has 1 N–H and O–H groups in total. The van der Waals surface area contributed by atoms with Crippen LogP contribution < -0.4 is 10.2 Å². The summed E-state index contributed by atoms with van der Waals surface area (Å²) < 4.78 is 20.0. The number of hydrogen-bond acceptors (Lipinski definition) is 6. The fraction of sp³-hybridized carbons (Fsp3) is 0.214. The lowest BCUT2D eigenvalue weighted by Gasteiger charge is -2.12. The second-order valence-corrected chi connectivity index (χ2v) is 5.56. The summed E-state index contributed by atoms with van der Waals surface area (Å²) in [4.78, 5) is 6.26.